The summed E-state index contributed by atoms with van der Waals surface area (Å²) >= 11 is 1.68. The van der Waals surface area contributed by atoms with Gasteiger partial charge in [-0.15, -0.1) is 11.3 Å². The maximum absolute atomic E-state index is 4.37. The molecule has 0 bridgehead atoms. The van der Waals surface area contributed by atoms with E-state index in [0.717, 1.165) is 5.01 Å². The summed E-state index contributed by atoms with van der Waals surface area (Å²) in [5.74, 6) is 0. The van der Waals surface area contributed by atoms with E-state index < -0.39 is 0 Å². The molecule has 1 aliphatic rings. The molecule has 2 unspecified atom stereocenters. The van der Waals surface area contributed by atoms with E-state index in [2.05, 4.69) is 46.8 Å². The summed E-state index contributed by atoms with van der Waals surface area (Å²) < 4.78 is 0. The van der Waals surface area contributed by atoms with Crippen LogP contribution in [-0.4, -0.2) is 23.6 Å². The highest BCUT2D eigenvalue weighted by Gasteiger charge is 2.16. The molecule has 4 heteroatoms. The standard InChI is InChI=1S/C16H21N3S/c1-12(10-14-6-3-7-17-14)19-15-5-2-4-13(11-15)16-18-8-9-20-16/h2,4-5,8-9,11-12,14,17,19H,3,6-7,10H2,1H3. The fourth-order valence-corrected chi connectivity index (χ4v) is 3.47. The second-order valence-corrected chi connectivity index (χ2v) is 6.39. The summed E-state index contributed by atoms with van der Waals surface area (Å²) in [7, 11) is 0. The van der Waals surface area contributed by atoms with E-state index in [0.29, 0.717) is 12.1 Å². The Balaban J connectivity index is 1.63. The molecule has 0 saturated carbocycles. The molecule has 0 spiro atoms. The molecule has 2 heterocycles. The molecule has 1 saturated heterocycles. The Labute approximate surface area is 124 Å². The van der Waals surface area contributed by atoms with Crippen LogP contribution in [0, 0.1) is 0 Å². The first-order valence-corrected chi connectivity index (χ1v) is 8.19. The SMILES string of the molecule is CC(CC1CCCN1)Nc1cccc(-c2nccs2)c1. The Morgan fingerprint density at radius 1 is 1.50 bits per heavy atom. The molecule has 1 aromatic carbocycles. The zero-order chi connectivity index (χ0) is 13.8. The van der Waals surface area contributed by atoms with Gasteiger partial charge in [0.05, 0.1) is 0 Å². The van der Waals surface area contributed by atoms with Crippen LogP contribution < -0.4 is 10.6 Å². The van der Waals surface area contributed by atoms with E-state index in [1.165, 1.54) is 37.1 Å². The Morgan fingerprint density at radius 2 is 2.45 bits per heavy atom. The second-order valence-electron chi connectivity index (χ2n) is 5.49. The predicted molar refractivity (Wildman–Crippen MR) is 86.3 cm³/mol. The third-order valence-electron chi connectivity index (χ3n) is 3.76. The van der Waals surface area contributed by atoms with Gasteiger partial charge in [0.25, 0.3) is 0 Å². The smallest absolute Gasteiger partial charge is 0.123 e. The third-order valence-corrected chi connectivity index (χ3v) is 4.58. The topological polar surface area (TPSA) is 37.0 Å². The fourth-order valence-electron chi connectivity index (χ4n) is 2.84. The second kappa shape index (κ2) is 6.37. The molecule has 0 radical (unpaired) electrons. The van der Waals surface area contributed by atoms with Crippen LogP contribution in [0.2, 0.25) is 0 Å². The Bertz CT molecular complexity index is 532. The van der Waals surface area contributed by atoms with Gasteiger partial charge in [0.1, 0.15) is 5.01 Å². The molecular weight excluding hydrogens is 266 g/mol. The molecule has 1 fully saturated rings. The number of thiazole rings is 1. The molecule has 20 heavy (non-hydrogen) atoms. The van der Waals surface area contributed by atoms with Crippen molar-refractivity contribution in [1.29, 1.82) is 0 Å². The van der Waals surface area contributed by atoms with E-state index in [-0.39, 0.29) is 0 Å². The largest absolute Gasteiger partial charge is 0.383 e. The number of nitrogens with zero attached hydrogens (tertiary/aromatic N) is 1. The van der Waals surface area contributed by atoms with Crippen molar-refractivity contribution in [2.45, 2.75) is 38.3 Å². The number of aromatic nitrogens is 1. The summed E-state index contributed by atoms with van der Waals surface area (Å²) in [6.45, 7) is 3.44. The summed E-state index contributed by atoms with van der Waals surface area (Å²) in [6, 6.07) is 9.71. The van der Waals surface area contributed by atoms with E-state index in [1.54, 1.807) is 11.3 Å². The predicted octanol–water partition coefficient (Wildman–Crippen LogP) is 3.75. The minimum Gasteiger partial charge on any atom is -0.383 e. The van der Waals surface area contributed by atoms with E-state index in [1.807, 2.05) is 11.6 Å². The maximum Gasteiger partial charge on any atom is 0.123 e. The van der Waals surface area contributed by atoms with Gasteiger partial charge in [0.15, 0.2) is 0 Å². The first kappa shape index (κ1) is 13.6. The summed E-state index contributed by atoms with van der Waals surface area (Å²) in [4.78, 5) is 4.37. The van der Waals surface area contributed by atoms with Crippen molar-refractivity contribution in [3.05, 3.63) is 35.8 Å². The van der Waals surface area contributed by atoms with Crippen LogP contribution >= 0.6 is 11.3 Å². The van der Waals surface area contributed by atoms with Crippen molar-refractivity contribution >= 4 is 17.0 Å². The molecule has 2 N–H and O–H groups in total. The summed E-state index contributed by atoms with van der Waals surface area (Å²) in [5.41, 5.74) is 2.37. The number of hydrogen-bond donors (Lipinski definition) is 2. The van der Waals surface area contributed by atoms with Crippen molar-refractivity contribution in [1.82, 2.24) is 10.3 Å². The van der Waals surface area contributed by atoms with Crippen molar-refractivity contribution in [2.75, 3.05) is 11.9 Å². The molecule has 1 aliphatic heterocycles. The number of benzene rings is 1. The van der Waals surface area contributed by atoms with Crippen molar-refractivity contribution < 1.29 is 0 Å². The summed E-state index contributed by atoms with van der Waals surface area (Å²) in [6.07, 6.45) is 5.66. The van der Waals surface area contributed by atoms with Crippen molar-refractivity contribution in [3.8, 4) is 10.6 Å². The van der Waals surface area contributed by atoms with E-state index in [9.17, 15) is 0 Å². The lowest BCUT2D eigenvalue weighted by molar-refractivity contribution is 0.523. The first-order chi connectivity index (χ1) is 9.81. The van der Waals surface area contributed by atoms with Crippen LogP contribution in [0.3, 0.4) is 0 Å². The summed E-state index contributed by atoms with van der Waals surface area (Å²) in [5, 5.41) is 10.3. The highest BCUT2D eigenvalue weighted by atomic mass is 32.1. The minimum atomic E-state index is 0.483. The normalized spacial score (nSPS) is 19.9. The zero-order valence-corrected chi connectivity index (χ0v) is 12.6. The molecule has 106 valence electrons. The molecule has 2 aromatic rings. The van der Waals surface area contributed by atoms with Gasteiger partial charge >= 0.3 is 0 Å². The Kier molecular flexibility index (Phi) is 4.33. The number of hydrogen-bond acceptors (Lipinski definition) is 4. The van der Waals surface area contributed by atoms with Crippen LogP contribution in [0.25, 0.3) is 10.6 Å². The van der Waals surface area contributed by atoms with Gasteiger partial charge in [-0.25, -0.2) is 4.98 Å². The maximum atomic E-state index is 4.37. The van der Waals surface area contributed by atoms with E-state index in [4.69, 9.17) is 0 Å². The first-order valence-electron chi connectivity index (χ1n) is 7.31. The molecular formula is C16H21N3S. The highest BCUT2D eigenvalue weighted by Crippen LogP contribution is 2.25. The Morgan fingerprint density at radius 3 is 3.20 bits per heavy atom. The monoisotopic (exact) mass is 287 g/mol. The zero-order valence-electron chi connectivity index (χ0n) is 11.8. The molecule has 0 aliphatic carbocycles. The van der Waals surface area contributed by atoms with Crippen LogP contribution in [0.1, 0.15) is 26.2 Å². The Hall–Kier alpha value is -1.39. The van der Waals surface area contributed by atoms with Gasteiger partial charge in [0, 0.05) is 34.9 Å². The van der Waals surface area contributed by atoms with Crippen molar-refractivity contribution in [2.24, 2.45) is 0 Å². The number of anilines is 1. The molecule has 3 nitrogen and oxygen atoms in total. The molecule has 1 aromatic heterocycles. The van der Waals surface area contributed by atoms with Gasteiger partial charge in [-0.3, -0.25) is 0 Å². The van der Waals surface area contributed by atoms with Gasteiger partial charge in [0.2, 0.25) is 0 Å². The van der Waals surface area contributed by atoms with Gasteiger partial charge < -0.3 is 10.6 Å². The van der Waals surface area contributed by atoms with Gasteiger partial charge in [-0.05, 0) is 44.9 Å². The number of rotatable bonds is 5. The molecule has 3 rings (SSSR count). The highest BCUT2D eigenvalue weighted by molar-refractivity contribution is 7.13. The molecule has 2 atom stereocenters. The quantitative estimate of drug-likeness (QED) is 0.879. The average molecular weight is 287 g/mol. The molecule has 0 amide bonds. The fraction of sp³-hybridized carbons (Fsp3) is 0.438. The van der Waals surface area contributed by atoms with Gasteiger partial charge in [-0.2, -0.15) is 0 Å². The van der Waals surface area contributed by atoms with Crippen LogP contribution in [-0.2, 0) is 0 Å². The van der Waals surface area contributed by atoms with Crippen molar-refractivity contribution in [3.63, 3.8) is 0 Å². The average Bonchev–Trinajstić information content (AvgIpc) is 3.11. The lowest BCUT2D eigenvalue weighted by Crippen LogP contribution is -2.29. The minimum absolute atomic E-state index is 0.483. The van der Waals surface area contributed by atoms with E-state index >= 15 is 0 Å². The van der Waals surface area contributed by atoms with Crippen LogP contribution in [0.5, 0.6) is 0 Å². The number of nitrogens with one attached hydrogen (secondary N) is 2. The third kappa shape index (κ3) is 3.38. The van der Waals surface area contributed by atoms with Gasteiger partial charge in [-0.1, -0.05) is 12.1 Å². The lowest BCUT2D eigenvalue weighted by atomic mass is 10.1. The van der Waals surface area contributed by atoms with Crippen LogP contribution in [0.15, 0.2) is 35.8 Å². The lowest BCUT2D eigenvalue weighted by Gasteiger charge is -2.19. The van der Waals surface area contributed by atoms with Crippen LogP contribution in [0.4, 0.5) is 5.69 Å².